The van der Waals surface area contributed by atoms with Gasteiger partial charge in [0.25, 0.3) is 5.91 Å². The summed E-state index contributed by atoms with van der Waals surface area (Å²) in [4.78, 5) is 12.3. The second kappa shape index (κ2) is 6.78. The average molecular weight is 337 g/mol. The van der Waals surface area contributed by atoms with Crippen molar-refractivity contribution in [3.05, 3.63) is 59.4 Å². The summed E-state index contributed by atoms with van der Waals surface area (Å²) in [5.41, 5.74) is 1.15. The number of benzene rings is 2. The first-order valence-electron chi connectivity index (χ1n) is 6.70. The molecule has 1 N–H and O–H groups in total. The van der Waals surface area contributed by atoms with E-state index in [1.165, 1.54) is 25.3 Å². The first-order chi connectivity index (χ1) is 10.8. The molecule has 0 heterocycles. The largest absolute Gasteiger partial charge is 0.494 e. The first kappa shape index (κ1) is 17.0. The number of methoxy groups -OCH3 is 1. The van der Waals surface area contributed by atoms with Crippen LogP contribution in [-0.4, -0.2) is 27.7 Å². The summed E-state index contributed by atoms with van der Waals surface area (Å²) in [5, 5.41) is 2.61. The lowest BCUT2D eigenvalue weighted by Gasteiger charge is -2.10. The molecule has 0 saturated carbocycles. The van der Waals surface area contributed by atoms with Crippen molar-refractivity contribution in [1.82, 2.24) is 0 Å². The molecule has 0 bridgehead atoms. The highest BCUT2D eigenvalue weighted by Gasteiger charge is 2.12. The van der Waals surface area contributed by atoms with E-state index >= 15 is 0 Å². The van der Waals surface area contributed by atoms with Crippen LogP contribution in [0, 0.1) is 5.82 Å². The van der Waals surface area contributed by atoms with Gasteiger partial charge in [-0.1, -0.05) is 12.1 Å². The molecule has 0 aliphatic rings. The van der Waals surface area contributed by atoms with Gasteiger partial charge in [-0.05, 0) is 29.8 Å². The van der Waals surface area contributed by atoms with Crippen molar-refractivity contribution in [3.63, 3.8) is 0 Å². The van der Waals surface area contributed by atoms with E-state index in [4.69, 9.17) is 4.74 Å². The van der Waals surface area contributed by atoms with Gasteiger partial charge in [0.15, 0.2) is 9.84 Å². The molecule has 0 spiro atoms. The van der Waals surface area contributed by atoms with Crippen molar-refractivity contribution in [2.45, 2.75) is 5.75 Å². The highest BCUT2D eigenvalue weighted by Crippen LogP contribution is 2.25. The van der Waals surface area contributed by atoms with E-state index in [9.17, 15) is 17.6 Å². The van der Waals surface area contributed by atoms with Crippen molar-refractivity contribution in [3.8, 4) is 5.75 Å². The first-order valence-corrected chi connectivity index (χ1v) is 8.76. The topological polar surface area (TPSA) is 72.5 Å². The van der Waals surface area contributed by atoms with Crippen LogP contribution in [0.3, 0.4) is 0 Å². The van der Waals surface area contributed by atoms with Crippen LogP contribution in [0.25, 0.3) is 0 Å². The van der Waals surface area contributed by atoms with E-state index in [2.05, 4.69) is 5.32 Å². The number of rotatable bonds is 5. The van der Waals surface area contributed by atoms with Gasteiger partial charge in [0.1, 0.15) is 11.6 Å². The normalized spacial score (nSPS) is 11.1. The summed E-state index contributed by atoms with van der Waals surface area (Å²) in [7, 11) is -1.82. The molecule has 2 rings (SSSR count). The van der Waals surface area contributed by atoms with Crippen LogP contribution in [0.1, 0.15) is 15.9 Å². The van der Waals surface area contributed by atoms with Crippen molar-refractivity contribution in [1.29, 1.82) is 0 Å². The number of carbonyl (C=O) groups is 1. The zero-order chi connectivity index (χ0) is 17.0. The van der Waals surface area contributed by atoms with E-state index in [1.54, 1.807) is 18.2 Å². The number of sulfone groups is 1. The molecule has 23 heavy (non-hydrogen) atoms. The van der Waals surface area contributed by atoms with E-state index in [-0.39, 0.29) is 11.5 Å². The fraction of sp³-hybridized carbons (Fsp3) is 0.188. The second-order valence-electron chi connectivity index (χ2n) is 5.07. The molecule has 2 aromatic carbocycles. The molecule has 0 unspecified atom stereocenters. The van der Waals surface area contributed by atoms with Crippen LogP contribution in [0.2, 0.25) is 0 Å². The van der Waals surface area contributed by atoms with E-state index < -0.39 is 21.6 Å². The minimum absolute atomic E-state index is 0.145. The fourth-order valence-corrected chi connectivity index (χ4v) is 2.85. The van der Waals surface area contributed by atoms with Crippen molar-refractivity contribution in [2.24, 2.45) is 0 Å². The Morgan fingerprint density at radius 1 is 1.22 bits per heavy atom. The molecular formula is C16H16FNO4S. The molecule has 0 aliphatic carbocycles. The number of anilines is 1. The van der Waals surface area contributed by atoms with Crippen LogP contribution >= 0.6 is 0 Å². The van der Waals surface area contributed by atoms with Gasteiger partial charge in [0.2, 0.25) is 0 Å². The van der Waals surface area contributed by atoms with Gasteiger partial charge >= 0.3 is 0 Å². The van der Waals surface area contributed by atoms with Gasteiger partial charge in [-0.25, -0.2) is 12.8 Å². The highest BCUT2D eigenvalue weighted by atomic mass is 32.2. The Labute approximate surface area is 134 Å². The van der Waals surface area contributed by atoms with Gasteiger partial charge in [-0.15, -0.1) is 0 Å². The van der Waals surface area contributed by atoms with E-state index in [0.717, 1.165) is 12.3 Å². The predicted molar refractivity (Wildman–Crippen MR) is 85.9 cm³/mol. The number of hydrogen-bond acceptors (Lipinski definition) is 4. The monoisotopic (exact) mass is 337 g/mol. The predicted octanol–water partition coefficient (Wildman–Crippen LogP) is 2.63. The lowest BCUT2D eigenvalue weighted by atomic mass is 10.1. The minimum atomic E-state index is -3.19. The Hall–Kier alpha value is -2.41. The highest BCUT2D eigenvalue weighted by molar-refractivity contribution is 7.89. The standard InChI is InChI=1S/C16H16FNO4S/c1-22-15-9-13(17)6-7-14(15)18-16(19)12-5-3-4-11(8-12)10-23(2,20)21/h3-9H,10H2,1-2H3,(H,18,19). The summed E-state index contributed by atoms with van der Waals surface area (Å²) in [6.45, 7) is 0. The Balaban J connectivity index is 2.23. The molecule has 1 amide bonds. The summed E-state index contributed by atoms with van der Waals surface area (Å²) < 4.78 is 40.8. The van der Waals surface area contributed by atoms with Gasteiger partial charge in [0, 0.05) is 17.9 Å². The summed E-state index contributed by atoms with van der Waals surface area (Å²) in [6, 6.07) is 10.1. The number of amides is 1. The number of ether oxygens (including phenoxy) is 1. The number of halogens is 1. The SMILES string of the molecule is COc1cc(F)ccc1NC(=O)c1cccc(CS(C)(=O)=O)c1. The van der Waals surface area contributed by atoms with Gasteiger partial charge < -0.3 is 10.1 Å². The Morgan fingerprint density at radius 2 is 1.96 bits per heavy atom. The van der Waals surface area contributed by atoms with Crippen molar-refractivity contribution >= 4 is 21.4 Å². The second-order valence-corrected chi connectivity index (χ2v) is 7.21. The smallest absolute Gasteiger partial charge is 0.255 e. The Morgan fingerprint density at radius 3 is 2.61 bits per heavy atom. The third-order valence-electron chi connectivity index (χ3n) is 3.03. The molecule has 5 nitrogen and oxygen atoms in total. The zero-order valence-electron chi connectivity index (χ0n) is 12.7. The average Bonchev–Trinajstić information content (AvgIpc) is 2.47. The maximum atomic E-state index is 13.2. The van der Waals surface area contributed by atoms with Crippen LogP contribution in [0.4, 0.5) is 10.1 Å². The number of hydrogen-bond donors (Lipinski definition) is 1. The van der Waals surface area contributed by atoms with Crippen LogP contribution < -0.4 is 10.1 Å². The van der Waals surface area contributed by atoms with E-state index in [0.29, 0.717) is 16.8 Å². The summed E-state index contributed by atoms with van der Waals surface area (Å²) >= 11 is 0. The lowest BCUT2D eigenvalue weighted by molar-refractivity contribution is 0.102. The Kier molecular flexibility index (Phi) is 5.00. The summed E-state index contributed by atoms with van der Waals surface area (Å²) in [6.07, 6.45) is 1.13. The van der Waals surface area contributed by atoms with Gasteiger partial charge in [-0.2, -0.15) is 0 Å². The maximum Gasteiger partial charge on any atom is 0.255 e. The summed E-state index contributed by atoms with van der Waals surface area (Å²) in [5.74, 6) is -0.862. The van der Waals surface area contributed by atoms with Gasteiger partial charge in [-0.3, -0.25) is 4.79 Å². The molecule has 0 saturated heterocycles. The van der Waals surface area contributed by atoms with E-state index in [1.807, 2.05) is 0 Å². The fourth-order valence-electron chi connectivity index (χ4n) is 2.07. The third-order valence-corrected chi connectivity index (χ3v) is 3.89. The third kappa shape index (κ3) is 4.79. The maximum absolute atomic E-state index is 13.2. The molecule has 0 atom stereocenters. The molecule has 7 heteroatoms. The lowest BCUT2D eigenvalue weighted by Crippen LogP contribution is -2.13. The van der Waals surface area contributed by atoms with Gasteiger partial charge in [0.05, 0.1) is 18.6 Å². The van der Waals surface area contributed by atoms with Crippen LogP contribution in [0.5, 0.6) is 5.75 Å². The van der Waals surface area contributed by atoms with Crippen LogP contribution in [0.15, 0.2) is 42.5 Å². The number of carbonyl (C=O) groups excluding carboxylic acids is 1. The van der Waals surface area contributed by atoms with Crippen molar-refractivity contribution in [2.75, 3.05) is 18.7 Å². The number of nitrogens with one attached hydrogen (secondary N) is 1. The quantitative estimate of drug-likeness (QED) is 0.910. The van der Waals surface area contributed by atoms with Crippen LogP contribution in [-0.2, 0) is 15.6 Å². The van der Waals surface area contributed by atoms with Crippen molar-refractivity contribution < 1.29 is 22.3 Å². The molecule has 0 aliphatic heterocycles. The minimum Gasteiger partial charge on any atom is -0.494 e. The zero-order valence-corrected chi connectivity index (χ0v) is 13.5. The molecule has 2 aromatic rings. The Bertz CT molecular complexity index is 834. The molecule has 0 fully saturated rings. The molecule has 0 radical (unpaired) electrons. The molecule has 0 aromatic heterocycles. The molecule has 122 valence electrons. The molecular weight excluding hydrogens is 321 g/mol.